The van der Waals surface area contributed by atoms with Crippen LogP contribution in [0.3, 0.4) is 0 Å². The number of fused-ring (bicyclic) bond motifs is 1. The number of amides is 1. The maximum atomic E-state index is 10.7. The fourth-order valence-electron chi connectivity index (χ4n) is 1.62. The highest BCUT2D eigenvalue weighted by Crippen LogP contribution is 2.29. The lowest BCUT2D eigenvalue weighted by atomic mass is 10.1. The zero-order chi connectivity index (χ0) is 11.5. The Morgan fingerprint density at radius 1 is 1.31 bits per heavy atom. The summed E-state index contributed by atoms with van der Waals surface area (Å²) >= 11 is 0. The summed E-state index contributed by atoms with van der Waals surface area (Å²) in [6.45, 7) is 0. The number of methoxy groups -OCH3 is 1. The van der Waals surface area contributed by atoms with Gasteiger partial charge in [-0.3, -0.25) is 5.32 Å². The molecule has 2 rings (SSSR count). The van der Waals surface area contributed by atoms with Crippen molar-refractivity contribution in [1.29, 1.82) is 0 Å². The average Bonchev–Trinajstić information content (AvgIpc) is 2.28. The molecule has 4 nitrogen and oxygen atoms in total. The molecule has 0 radical (unpaired) electrons. The van der Waals surface area contributed by atoms with Crippen LogP contribution in [0.1, 0.15) is 0 Å². The van der Waals surface area contributed by atoms with Crippen LogP contribution < -0.4 is 10.1 Å². The molecule has 0 saturated carbocycles. The molecule has 1 amide bonds. The standard InChI is InChI=1S/C12H11NO3/c1-16-9-6-8-4-2-3-5-10(8)11(7-9)13-12(14)15/h2-7,13H,1H3,(H,14,15). The first-order valence-corrected chi connectivity index (χ1v) is 4.77. The van der Waals surface area contributed by atoms with E-state index in [4.69, 9.17) is 9.84 Å². The monoisotopic (exact) mass is 217 g/mol. The topological polar surface area (TPSA) is 58.6 Å². The van der Waals surface area contributed by atoms with Crippen LogP contribution in [0.5, 0.6) is 5.75 Å². The number of carbonyl (C=O) groups is 1. The van der Waals surface area contributed by atoms with E-state index in [2.05, 4.69) is 5.32 Å². The molecule has 0 saturated heterocycles. The van der Waals surface area contributed by atoms with Gasteiger partial charge < -0.3 is 9.84 Å². The van der Waals surface area contributed by atoms with Crippen LogP contribution in [-0.4, -0.2) is 18.3 Å². The Morgan fingerprint density at radius 2 is 2.06 bits per heavy atom. The molecule has 0 bridgehead atoms. The number of rotatable bonds is 2. The predicted octanol–water partition coefficient (Wildman–Crippen LogP) is 2.94. The van der Waals surface area contributed by atoms with Gasteiger partial charge in [0.15, 0.2) is 0 Å². The summed E-state index contributed by atoms with van der Waals surface area (Å²) in [5, 5.41) is 12.9. The van der Waals surface area contributed by atoms with E-state index in [1.165, 1.54) is 0 Å². The van der Waals surface area contributed by atoms with Crippen molar-refractivity contribution in [2.24, 2.45) is 0 Å². The van der Waals surface area contributed by atoms with Crippen molar-refractivity contribution in [2.45, 2.75) is 0 Å². The van der Waals surface area contributed by atoms with E-state index in [1.807, 2.05) is 30.3 Å². The molecule has 0 spiro atoms. The van der Waals surface area contributed by atoms with Crippen LogP contribution in [0, 0.1) is 0 Å². The van der Waals surface area contributed by atoms with Crippen LogP contribution in [0.25, 0.3) is 10.8 Å². The predicted molar refractivity (Wildman–Crippen MR) is 62.1 cm³/mol. The highest BCUT2D eigenvalue weighted by Gasteiger charge is 2.06. The van der Waals surface area contributed by atoms with E-state index in [9.17, 15) is 4.79 Å². The van der Waals surface area contributed by atoms with Gasteiger partial charge in [0.05, 0.1) is 12.8 Å². The number of ether oxygens (including phenoxy) is 1. The van der Waals surface area contributed by atoms with Gasteiger partial charge in [0, 0.05) is 11.5 Å². The summed E-state index contributed by atoms with van der Waals surface area (Å²) in [7, 11) is 1.55. The van der Waals surface area contributed by atoms with Crippen LogP contribution in [0.15, 0.2) is 36.4 Å². The molecular weight excluding hydrogens is 206 g/mol. The Balaban J connectivity index is 2.63. The van der Waals surface area contributed by atoms with Gasteiger partial charge in [-0.1, -0.05) is 24.3 Å². The Kier molecular flexibility index (Phi) is 2.64. The summed E-state index contributed by atoms with van der Waals surface area (Å²) in [5.41, 5.74) is 0.530. The average molecular weight is 217 g/mol. The molecule has 2 aromatic carbocycles. The molecule has 2 N–H and O–H groups in total. The molecule has 0 aromatic heterocycles. The molecule has 2 aromatic rings. The molecule has 0 aliphatic rings. The summed E-state index contributed by atoms with van der Waals surface area (Å²) in [6.07, 6.45) is -1.08. The Labute approximate surface area is 92.5 Å². The van der Waals surface area contributed by atoms with Crippen LogP contribution in [0.4, 0.5) is 10.5 Å². The molecule has 0 aliphatic heterocycles. The second-order valence-corrected chi connectivity index (χ2v) is 3.33. The van der Waals surface area contributed by atoms with Gasteiger partial charge >= 0.3 is 6.09 Å². The van der Waals surface area contributed by atoms with E-state index in [0.29, 0.717) is 11.4 Å². The molecule has 4 heteroatoms. The van der Waals surface area contributed by atoms with Gasteiger partial charge in [0.2, 0.25) is 0 Å². The highest BCUT2D eigenvalue weighted by molar-refractivity contribution is 6.00. The van der Waals surface area contributed by atoms with E-state index < -0.39 is 6.09 Å². The summed E-state index contributed by atoms with van der Waals surface area (Å²) in [5.74, 6) is 0.627. The summed E-state index contributed by atoms with van der Waals surface area (Å²) in [6, 6.07) is 11.1. The van der Waals surface area contributed by atoms with Crippen molar-refractivity contribution < 1.29 is 14.6 Å². The molecular formula is C12H11NO3. The fourth-order valence-corrected chi connectivity index (χ4v) is 1.62. The second kappa shape index (κ2) is 4.10. The first kappa shape index (κ1) is 10.3. The highest BCUT2D eigenvalue weighted by atomic mass is 16.5. The maximum absolute atomic E-state index is 10.7. The van der Waals surface area contributed by atoms with Gasteiger partial charge in [0.1, 0.15) is 5.75 Å². The zero-order valence-electron chi connectivity index (χ0n) is 8.73. The second-order valence-electron chi connectivity index (χ2n) is 3.33. The van der Waals surface area contributed by atoms with Crippen LogP contribution >= 0.6 is 0 Å². The zero-order valence-corrected chi connectivity index (χ0v) is 8.73. The number of hydrogen-bond acceptors (Lipinski definition) is 2. The minimum absolute atomic E-state index is 0.530. The molecule has 0 atom stereocenters. The molecule has 16 heavy (non-hydrogen) atoms. The van der Waals surface area contributed by atoms with Gasteiger partial charge in [0.25, 0.3) is 0 Å². The Morgan fingerprint density at radius 3 is 2.75 bits per heavy atom. The third kappa shape index (κ3) is 1.91. The summed E-state index contributed by atoms with van der Waals surface area (Å²) < 4.78 is 5.11. The van der Waals surface area contributed by atoms with E-state index in [0.717, 1.165) is 10.8 Å². The Bertz CT molecular complexity index is 537. The van der Waals surface area contributed by atoms with Gasteiger partial charge in [-0.25, -0.2) is 4.79 Å². The molecule has 0 aliphatic carbocycles. The van der Waals surface area contributed by atoms with Crippen molar-refractivity contribution in [2.75, 3.05) is 12.4 Å². The first-order chi connectivity index (χ1) is 7.70. The smallest absolute Gasteiger partial charge is 0.409 e. The normalized spacial score (nSPS) is 10.1. The van der Waals surface area contributed by atoms with Crippen LogP contribution in [0.2, 0.25) is 0 Å². The third-order valence-electron chi connectivity index (χ3n) is 2.31. The van der Waals surface area contributed by atoms with E-state index >= 15 is 0 Å². The molecule has 0 heterocycles. The number of hydrogen-bond donors (Lipinski definition) is 2. The summed E-state index contributed by atoms with van der Waals surface area (Å²) in [4.78, 5) is 10.7. The lowest BCUT2D eigenvalue weighted by Gasteiger charge is -2.08. The lowest BCUT2D eigenvalue weighted by molar-refractivity contribution is 0.210. The van der Waals surface area contributed by atoms with Crippen molar-refractivity contribution in [3.63, 3.8) is 0 Å². The van der Waals surface area contributed by atoms with Crippen molar-refractivity contribution in [1.82, 2.24) is 0 Å². The van der Waals surface area contributed by atoms with Gasteiger partial charge in [-0.15, -0.1) is 0 Å². The third-order valence-corrected chi connectivity index (χ3v) is 2.31. The first-order valence-electron chi connectivity index (χ1n) is 4.77. The Hall–Kier alpha value is -2.23. The molecule has 0 fully saturated rings. The van der Waals surface area contributed by atoms with Crippen molar-refractivity contribution in [3.8, 4) is 5.75 Å². The fraction of sp³-hybridized carbons (Fsp3) is 0.0833. The lowest BCUT2D eigenvalue weighted by Crippen LogP contribution is -2.07. The number of anilines is 1. The maximum Gasteiger partial charge on any atom is 0.409 e. The number of nitrogens with one attached hydrogen (secondary N) is 1. The van der Waals surface area contributed by atoms with Gasteiger partial charge in [-0.2, -0.15) is 0 Å². The minimum atomic E-state index is -1.08. The van der Waals surface area contributed by atoms with Gasteiger partial charge in [-0.05, 0) is 11.5 Å². The van der Waals surface area contributed by atoms with E-state index in [-0.39, 0.29) is 0 Å². The SMILES string of the molecule is COc1cc(NC(=O)O)c2ccccc2c1. The van der Waals surface area contributed by atoms with Crippen molar-refractivity contribution >= 4 is 22.6 Å². The number of benzene rings is 2. The largest absolute Gasteiger partial charge is 0.497 e. The minimum Gasteiger partial charge on any atom is -0.497 e. The molecule has 0 unspecified atom stereocenters. The quantitative estimate of drug-likeness (QED) is 0.813. The van der Waals surface area contributed by atoms with E-state index in [1.54, 1.807) is 13.2 Å². The van der Waals surface area contributed by atoms with Crippen LogP contribution in [-0.2, 0) is 0 Å². The number of carboxylic acid groups (broad SMARTS) is 1. The van der Waals surface area contributed by atoms with Crippen molar-refractivity contribution in [3.05, 3.63) is 36.4 Å². The molecule has 82 valence electrons.